The average Bonchev–Trinajstić information content (AvgIpc) is 3.10. The fraction of sp³-hybridized carbons (Fsp3) is 0.444. The Morgan fingerprint density at radius 2 is 1.71 bits per heavy atom. The maximum absolute atomic E-state index is 14.4. The van der Waals surface area contributed by atoms with Gasteiger partial charge >= 0.3 is 6.03 Å². The molecule has 3 N–H and O–H groups in total. The first-order chi connectivity index (χ1) is 23.4. The topological polar surface area (TPSA) is 147 Å². The molecule has 0 spiro atoms. The molecule has 1 aliphatic rings. The van der Waals surface area contributed by atoms with E-state index in [2.05, 4.69) is 10.6 Å². The number of nitrogens with zero attached hydrogens (tertiary/aromatic N) is 2. The molecule has 0 aliphatic carbocycles. The number of carbonyl (C=O) groups excluding carboxylic acids is 2. The van der Waals surface area contributed by atoms with Crippen LogP contribution in [0.5, 0.6) is 11.5 Å². The highest BCUT2D eigenvalue weighted by atomic mass is 32.2. The minimum atomic E-state index is -3.78. The Morgan fingerprint density at radius 3 is 2.39 bits per heavy atom. The number of carbonyl (C=O) groups is 2. The first kappa shape index (κ1) is 37.6. The van der Waals surface area contributed by atoms with Crippen molar-refractivity contribution >= 4 is 33.3 Å². The van der Waals surface area contributed by atoms with Gasteiger partial charge in [0.25, 0.3) is 5.91 Å². The molecule has 0 fully saturated rings. The van der Waals surface area contributed by atoms with E-state index < -0.39 is 34.1 Å². The van der Waals surface area contributed by atoms with Gasteiger partial charge in [0.05, 0.1) is 42.4 Å². The van der Waals surface area contributed by atoms with Crippen LogP contribution in [0.25, 0.3) is 0 Å². The Hall–Kier alpha value is -4.17. The van der Waals surface area contributed by atoms with E-state index in [1.807, 2.05) is 13.8 Å². The van der Waals surface area contributed by atoms with Gasteiger partial charge in [0.1, 0.15) is 11.5 Å². The smallest absolute Gasteiger partial charge is 0.323 e. The molecule has 0 saturated heterocycles. The zero-order valence-corrected chi connectivity index (χ0v) is 29.6. The Bertz CT molecular complexity index is 1640. The highest BCUT2D eigenvalue weighted by Crippen LogP contribution is 2.29. The van der Waals surface area contributed by atoms with E-state index in [4.69, 9.17) is 14.2 Å². The van der Waals surface area contributed by atoms with Crippen LogP contribution in [0.2, 0.25) is 0 Å². The molecular formula is C36H48N4O8S. The highest BCUT2D eigenvalue weighted by molar-refractivity contribution is 7.89. The van der Waals surface area contributed by atoms with Crippen LogP contribution >= 0.6 is 0 Å². The summed E-state index contributed by atoms with van der Waals surface area (Å²) >= 11 is 0. The van der Waals surface area contributed by atoms with Crippen molar-refractivity contribution in [2.24, 2.45) is 5.92 Å². The number of fused-ring (bicyclic) bond motifs is 1. The number of methoxy groups -OCH3 is 1. The molecule has 1 heterocycles. The van der Waals surface area contributed by atoms with Crippen molar-refractivity contribution in [3.63, 3.8) is 0 Å². The molecule has 0 radical (unpaired) electrons. The molecule has 4 rings (SSSR count). The first-order valence-electron chi connectivity index (χ1n) is 16.5. The van der Waals surface area contributed by atoms with Crippen molar-refractivity contribution in [3.05, 3.63) is 78.4 Å². The maximum atomic E-state index is 14.4. The van der Waals surface area contributed by atoms with Crippen LogP contribution in [-0.2, 0) is 14.8 Å². The average molecular weight is 697 g/mol. The lowest BCUT2D eigenvalue weighted by Crippen LogP contribution is -2.48. The minimum absolute atomic E-state index is 0.0708. The van der Waals surface area contributed by atoms with Gasteiger partial charge in [-0.25, -0.2) is 13.2 Å². The number of anilines is 2. The van der Waals surface area contributed by atoms with Gasteiger partial charge in [-0.2, -0.15) is 4.31 Å². The van der Waals surface area contributed by atoms with Gasteiger partial charge in [-0.1, -0.05) is 25.1 Å². The largest absolute Gasteiger partial charge is 0.497 e. The van der Waals surface area contributed by atoms with E-state index in [0.717, 1.165) is 12.8 Å². The third-order valence-electron chi connectivity index (χ3n) is 8.55. The first-order valence-corrected chi connectivity index (χ1v) is 17.9. The van der Waals surface area contributed by atoms with Crippen LogP contribution in [0.3, 0.4) is 0 Å². The summed E-state index contributed by atoms with van der Waals surface area (Å²) in [5.74, 6) is 0.285. The Labute approximate surface area is 289 Å². The number of rotatable bonds is 9. The summed E-state index contributed by atoms with van der Waals surface area (Å²) in [6.07, 6.45) is 1.45. The normalized spacial score (nSPS) is 20.0. The maximum Gasteiger partial charge on any atom is 0.323 e. The molecule has 3 amide bonds. The van der Waals surface area contributed by atoms with Crippen LogP contribution in [-0.4, -0.2) is 93.4 Å². The number of aliphatic hydroxyl groups excluding tert-OH is 1. The molecule has 0 aromatic heterocycles. The predicted molar refractivity (Wildman–Crippen MR) is 189 cm³/mol. The molecule has 3 aromatic rings. The molecule has 266 valence electrons. The van der Waals surface area contributed by atoms with Crippen LogP contribution < -0.4 is 20.1 Å². The van der Waals surface area contributed by atoms with E-state index in [0.29, 0.717) is 35.9 Å². The van der Waals surface area contributed by atoms with Crippen molar-refractivity contribution in [3.8, 4) is 11.5 Å². The number of hydrogen-bond donors (Lipinski definition) is 3. The molecule has 0 unspecified atom stereocenters. The Kier molecular flexibility index (Phi) is 13.4. The summed E-state index contributed by atoms with van der Waals surface area (Å²) in [5, 5.41) is 15.8. The third kappa shape index (κ3) is 10.2. The molecule has 0 saturated carbocycles. The lowest BCUT2D eigenvalue weighted by molar-refractivity contribution is -0.00833. The highest BCUT2D eigenvalue weighted by Gasteiger charge is 2.32. The number of benzene rings is 3. The fourth-order valence-corrected chi connectivity index (χ4v) is 6.76. The zero-order chi connectivity index (χ0) is 35.6. The van der Waals surface area contributed by atoms with Crippen molar-refractivity contribution < 1.29 is 37.3 Å². The van der Waals surface area contributed by atoms with Gasteiger partial charge in [-0.05, 0) is 87.7 Å². The molecule has 12 nitrogen and oxygen atoms in total. The number of ether oxygens (including phenoxy) is 3. The van der Waals surface area contributed by atoms with E-state index in [9.17, 15) is 23.1 Å². The molecule has 0 bridgehead atoms. The number of hydrogen-bond acceptors (Lipinski definition) is 8. The SMILES string of the molecule is COc1ccc(NC(=O)Nc2ccc3c(c2)C(=O)N([C@H](C)CO)C[C@H](C)[C@@H](CN(C)S(=O)(=O)c2ccccc2)OCCCC[C@@H](C)O3)cc1. The van der Waals surface area contributed by atoms with Gasteiger partial charge < -0.3 is 34.9 Å². The monoisotopic (exact) mass is 696 g/mol. The van der Waals surface area contributed by atoms with Gasteiger partial charge in [0.2, 0.25) is 10.0 Å². The van der Waals surface area contributed by atoms with Crippen LogP contribution in [0.1, 0.15) is 50.4 Å². The fourth-order valence-electron chi connectivity index (χ4n) is 5.55. The molecule has 1 aliphatic heterocycles. The van der Waals surface area contributed by atoms with Crippen molar-refractivity contribution in [1.82, 2.24) is 9.21 Å². The standard InChI is InChI=1S/C36H48N4O8S/c1-25-22-40(26(2)24-41)35(42)32-21-29(38-36(43)37-28-14-17-30(46-5)18-15-28)16-19-33(32)48-27(3)11-9-10-20-47-34(25)23-39(4)49(44,45)31-12-7-6-8-13-31/h6-8,12-19,21,25-27,34,41H,9-11,20,22-24H2,1-5H3,(H2,37,38,43)/t25-,26+,27+,34+/m0/s1. The van der Waals surface area contributed by atoms with Gasteiger partial charge in [-0.15, -0.1) is 0 Å². The quantitative estimate of drug-likeness (QED) is 0.268. The summed E-state index contributed by atoms with van der Waals surface area (Å²) in [4.78, 5) is 29.0. The number of aliphatic hydroxyl groups is 1. The van der Waals surface area contributed by atoms with Crippen LogP contribution in [0, 0.1) is 5.92 Å². The molecule has 4 atom stereocenters. The van der Waals surface area contributed by atoms with Crippen molar-refractivity contribution in [1.29, 1.82) is 0 Å². The van der Waals surface area contributed by atoms with E-state index in [-0.39, 0.29) is 42.2 Å². The lowest BCUT2D eigenvalue weighted by Gasteiger charge is -2.35. The molecule has 3 aromatic carbocycles. The molecule has 13 heteroatoms. The predicted octanol–water partition coefficient (Wildman–Crippen LogP) is 5.46. The van der Waals surface area contributed by atoms with Crippen molar-refractivity contribution in [2.75, 3.05) is 51.1 Å². The summed E-state index contributed by atoms with van der Waals surface area (Å²) < 4.78 is 45.8. The Balaban J connectivity index is 1.61. The van der Waals surface area contributed by atoms with Gasteiger partial charge in [0.15, 0.2) is 0 Å². The number of urea groups is 1. The second-order valence-corrected chi connectivity index (χ2v) is 14.5. The molecule has 49 heavy (non-hydrogen) atoms. The van der Waals surface area contributed by atoms with E-state index in [1.54, 1.807) is 91.7 Å². The molecular weight excluding hydrogens is 648 g/mol. The summed E-state index contributed by atoms with van der Waals surface area (Å²) in [6.45, 7) is 5.91. The second kappa shape index (κ2) is 17.5. The number of sulfonamides is 1. The number of amides is 3. The van der Waals surface area contributed by atoms with Crippen LogP contribution in [0.15, 0.2) is 77.7 Å². The van der Waals surface area contributed by atoms with E-state index >= 15 is 0 Å². The summed E-state index contributed by atoms with van der Waals surface area (Å²) in [6, 6.07) is 18.9. The number of likely N-dealkylation sites (N-methyl/N-ethyl adjacent to an activating group) is 1. The van der Waals surface area contributed by atoms with Gasteiger partial charge in [0, 0.05) is 44.0 Å². The van der Waals surface area contributed by atoms with E-state index in [1.165, 1.54) is 11.4 Å². The lowest BCUT2D eigenvalue weighted by atomic mass is 10.0. The third-order valence-corrected chi connectivity index (χ3v) is 10.4. The summed E-state index contributed by atoms with van der Waals surface area (Å²) in [7, 11) is -0.697. The van der Waals surface area contributed by atoms with Gasteiger partial charge in [-0.3, -0.25) is 4.79 Å². The van der Waals surface area contributed by atoms with Crippen LogP contribution in [0.4, 0.5) is 16.2 Å². The Morgan fingerprint density at radius 1 is 1.04 bits per heavy atom. The number of nitrogens with one attached hydrogen (secondary N) is 2. The second-order valence-electron chi connectivity index (χ2n) is 12.4. The summed E-state index contributed by atoms with van der Waals surface area (Å²) in [5.41, 5.74) is 1.15. The minimum Gasteiger partial charge on any atom is -0.497 e. The zero-order valence-electron chi connectivity index (χ0n) is 28.8. The van der Waals surface area contributed by atoms with Crippen molar-refractivity contribution in [2.45, 2.75) is 63.2 Å².